The summed E-state index contributed by atoms with van der Waals surface area (Å²) in [5, 5.41) is 9.88. The van der Waals surface area contributed by atoms with E-state index in [9.17, 15) is 0 Å². The number of aryl methyl sites for hydroxylation is 2. The SMILES string of the molecule is Cc1ccc(C(=[NH2+])c2nocc2C)cc1. The highest BCUT2D eigenvalue weighted by molar-refractivity contribution is 6.08. The Morgan fingerprint density at radius 2 is 1.87 bits per heavy atom. The average molecular weight is 201 g/mol. The normalized spacial score (nSPS) is 10.3. The molecule has 1 aromatic carbocycles. The molecule has 0 saturated carbocycles. The average Bonchev–Trinajstić information content (AvgIpc) is 2.65. The van der Waals surface area contributed by atoms with Crippen LogP contribution in [-0.4, -0.2) is 10.9 Å². The Balaban J connectivity index is 2.37. The van der Waals surface area contributed by atoms with Crippen LogP contribution in [0.4, 0.5) is 0 Å². The van der Waals surface area contributed by atoms with Crippen LogP contribution in [0.25, 0.3) is 0 Å². The fraction of sp³-hybridized carbons (Fsp3) is 0.167. The molecule has 0 fully saturated rings. The van der Waals surface area contributed by atoms with Crippen LogP contribution in [0, 0.1) is 13.8 Å². The van der Waals surface area contributed by atoms with Crippen LogP contribution in [0.15, 0.2) is 35.1 Å². The highest BCUT2D eigenvalue weighted by Crippen LogP contribution is 2.10. The van der Waals surface area contributed by atoms with Gasteiger partial charge in [-0.3, -0.25) is 5.41 Å². The lowest BCUT2D eigenvalue weighted by Gasteiger charge is -1.97. The standard InChI is InChI=1S/C12H12N2O/c1-8-3-5-10(6-4-8)11(13)12-9(2)7-15-14-12/h3-7,13H,1-2H3/p+1. The largest absolute Gasteiger partial charge is 0.364 e. The van der Waals surface area contributed by atoms with Crippen LogP contribution in [0.1, 0.15) is 22.4 Å². The summed E-state index contributed by atoms with van der Waals surface area (Å²) in [6.45, 7) is 3.97. The lowest BCUT2D eigenvalue weighted by Crippen LogP contribution is -2.41. The van der Waals surface area contributed by atoms with Crippen molar-refractivity contribution in [2.75, 3.05) is 0 Å². The smallest absolute Gasteiger partial charge is 0.233 e. The Kier molecular flexibility index (Phi) is 2.37. The van der Waals surface area contributed by atoms with Gasteiger partial charge in [0.25, 0.3) is 0 Å². The maximum atomic E-state index is 6.01. The second-order valence-corrected chi connectivity index (χ2v) is 3.63. The molecule has 0 unspecified atom stereocenters. The van der Waals surface area contributed by atoms with Gasteiger partial charge < -0.3 is 4.52 Å². The Hall–Kier alpha value is -1.90. The highest BCUT2D eigenvalue weighted by Gasteiger charge is 2.16. The molecule has 0 aliphatic rings. The topological polar surface area (TPSA) is 51.6 Å². The van der Waals surface area contributed by atoms with Gasteiger partial charge in [-0.1, -0.05) is 22.9 Å². The molecule has 3 nitrogen and oxygen atoms in total. The minimum Gasteiger partial charge on any atom is -0.364 e. The number of nitrogens with zero attached hydrogens (tertiary/aromatic N) is 1. The van der Waals surface area contributed by atoms with E-state index in [1.54, 1.807) is 6.26 Å². The summed E-state index contributed by atoms with van der Waals surface area (Å²) >= 11 is 0. The first-order valence-electron chi connectivity index (χ1n) is 4.79. The predicted octanol–water partition coefficient (Wildman–Crippen LogP) is 0.888. The van der Waals surface area contributed by atoms with Crippen LogP contribution >= 0.6 is 0 Å². The van der Waals surface area contributed by atoms with Crippen molar-refractivity contribution in [1.82, 2.24) is 5.16 Å². The van der Waals surface area contributed by atoms with Crippen LogP contribution in [0.3, 0.4) is 0 Å². The second kappa shape index (κ2) is 3.69. The van der Waals surface area contributed by atoms with E-state index >= 15 is 0 Å². The molecule has 0 saturated heterocycles. The first-order chi connectivity index (χ1) is 7.18. The van der Waals surface area contributed by atoms with Crippen LogP contribution in [0.2, 0.25) is 0 Å². The Labute approximate surface area is 88.2 Å². The molecule has 1 heterocycles. The summed E-state index contributed by atoms with van der Waals surface area (Å²) < 4.78 is 4.86. The summed E-state index contributed by atoms with van der Waals surface area (Å²) in [6.07, 6.45) is 1.59. The molecular weight excluding hydrogens is 188 g/mol. The van der Waals surface area contributed by atoms with Crippen molar-refractivity contribution >= 4 is 5.71 Å². The zero-order valence-corrected chi connectivity index (χ0v) is 8.82. The zero-order valence-electron chi connectivity index (χ0n) is 8.82. The number of aromatic nitrogens is 1. The van der Waals surface area contributed by atoms with Crippen molar-refractivity contribution < 1.29 is 9.93 Å². The van der Waals surface area contributed by atoms with E-state index in [4.69, 9.17) is 9.93 Å². The molecule has 2 rings (SSSR count). The summed E-state index contributed by atoms with van der Waals surface area (Å²) in [5.74, 6) is 0. The van der Waals surface area contributed by atoms with E-state index in [1.807, 2.05) is 38.1 Å². The van der Waals surface area contributed by atoms with Crippen LogP contribution in [-0.2, 0) is 0 Å². The third kappa shape index (κ3) is 1.81. The number of hydrogen-bond acceptors (Lipinski definition) is 2. The van der Waals surface area contributed by atoms with E-state index in [2.05, 4.69) is 5.16 Å². The summed E-state index contributed by atoms with van der Waals surface area (Å²) in [6, 6.07) is 8.02. The lowest BCUT2D eigenvalue weighted by molar-refractivity contribution is -0.112. The molecule has 0 atom stereocenters. The second-order valence-electron chi connectivity index (χ2n) is 3.63. The van der Waals surface area contributed by atoms with E-state index in [-0.39, 0.29) is 0 Å². The molecule has 0 aliphatic heterocycles. The Morgan fingerprint density at radius 3 is 2.40 bits per heavy atom. The monoisotopic (exact) mass is 201 g/mol. The van der Waals surface area contributed by atoms with Gasteiger partial charge in [-0.25, -0.2) is 0 Å². The van der Waals surface area contributed by atoms with Crippen LogP contribution in [0.5, 0.6) is 0 Å². The number of benzene rings is 1. The molecule has 2 N–H and O–H groups in total. The Bertz CT molecular complexity index is 483. The molecule has 0 aliphatic carbocycles. The third-order valence-electron chi connectivity index (χ3n) is 2.36. The molecule has 76 valence electrons. The molecule has 0 spiro atoms. The van der Waals surface area contributed by atoms with E-state index in [0.29, 0.717) is 5.71 Å². The van der Waals surface area contributed by atoms with Gasteiger partial charge >= 0.3 is 0 Å². The Morgan fingerprint density at radius 1 is 1.20 bits per heavy atom. The molecule has 0 bridgehead atoms. The van der Waals surface area contributed by atoms with Crippen molar-refractivity contribution in [2.24, 2.45) is 0 Å². The van der Waals surface area contributed by atoms with Gasteiger partial charge in [-0.2, -0.15) is 0 Å². The van der Waals surface area contributed by atoms with Crippen LogP contribution < -0.4 is 5.41 Å². The number of hydrogen-bond donors (Lipinski definition) is 1. The number of rotatable bonds is 2. The van der Waals surface area contributed by atoms with Crippen molar-refractivity contribution in [3.8, 4) is 0 Å². The van der Waals surface area contributed by atoms with Gasteiger partial charge in [0.05, 0.1) is 0 Å². The highest BCUT2D eigenvalue weighted by atomic mass is 16.5. The van der Waals surface area contributed by atoms with Gasteiger partial charge in [0.1, 0.15) is 6.26 Å². The maximum absolute atomic E-state index is 6.01. The predicted molar refractivity (Wildman–Crippen MR) is 57.6 cm³/mol. The fourth-order valence-electron chi connectivity index (χ4n) is 1.42. The minimum absolute atomic E-state index is 0.654. The molecule has 15 heavy (non-hydrogen) atoms. The quantitative estimate of drug-likeness (QED) is 0.733. The molecule has 3 heteroatoms. The van der Waals surface area contributed by atoms with Gasteiger partial charge in [-0.05, 0) is 26.0 Å². The van der Waals surface area contributed by atoms with Gasteiger partial charge in [-0.15, -0.1) is 0 Å². The van der Waals surface area contributed by atoms with Gasteiger partial charge in [0.2, 0.25) is 5.71 Å². The van der Waals surface area contributed by atoms with E-state index < -0.39 is 0 Å². The first kappa shape index (κ1) is 9.65. The van der Waals surface area contributed by atoms with Crippen molar-refractivity contribution in [3.05, 3.63) is 52.9 Å². The summed E-state index contributed by atoms with van der Waals surface area (Å²) in [4.78, 5) is 0. The van der Waals surface area contributed by atoms with Crippen molar-refractivity contribution in [1.29, 1.82) is 0 Å². The molecule has 0 radical (unpaired) electrons. The third-order valence-corrected chi connectivity index (χ3v) is 2.36. The molecule has 0 amide bonds. The zero-order chi connectivity index (χ0) is 10.8. The van der Waals surface area contributed by atoms with Crippen molar-refractivity contribution in [2.45, 2.75) is 13.8 Å². The summed E-state index contributed by atoms with van der Waals surface area (Å²) in [7, 11) is 0. The summed E-state index contributed by atoms with van der Waals surface area (Å²) in [5.41, 5.74) is 4.51. The maximum Gasteiger partial charge on any atom is 0.233 e. The van der Waals surface area contributed by atoms with Crippen molar-refractivity contribution in [3.63, 3.8) is 0 Å². The molecular formula is C12H13N2O+. The van der Waals surface area contributed by atoms with E-state index in [1.165, 1.54) is 5.56 Å². The van der Waals surface area contributed by atoms with Gasteiger partial charge in [0.15, 0.2) is 5.69 Å². The fourth-order valence-corrected chi connectivity index (χ4v) is 1.42. The molecule has 2 aromatic rings. The number of nitrogens with two attached hydrogens (primary N) is 1. The van der Waals surface area contributed by atoms with E-state index in [0.717, 1.165) is 16.8 Å². The molecule has 1 aromatic heterocycles. The lowest BCUT2D eigenvalue weighted by atomic mass is 10.0. The first-order valence-corrected chi connectivity index (χ1v) is 4.79. The van der Waals surface area contributed by atoms with Gasteiger partial charge in [0, 0.05) is 11.1 Å². The minimum atomic E-state index is 0.654.